The van der Waals surface area contributed by atoms with Crippen LogP contribution in [0.2, 0.25) is 0 Å². The maximum atomic E-state index is 14.0. The summed E-state index contributed by atoms with van der Waals surface area (Å²) in [7, 11) is 2.99. The fraction of sp³-hybridized carbons (Fsp3) is 0.400. The molecule has 0 saturated heterocycles. The van der Waals surface area contributed by atoms with Crippen molar-refractivity contribution in [2.24, 2.45) is 0 Å². The van der Waals surface area contributed by atoms with Gasteiger partial charge in [0, 0.05) is 24.2 Å². The summed E-state index contributed by atoms with van der Waals surface area (Å²) in [5.41, 5.74) is -0.764. The summed E-state index contributed by atoms with van der Waals surface area (Å²) >= 11 is 1.10. The predicted molar refractivity (Wildman–Crippen MR) is 141 cm³/mol. The number of carbonyl (C=O) groups is 1. The second-order valence-electron chi connectivity index (χ2n) is 9.22. The molecule has 3 heterocycles. The van der Waals surface area contributed by atoms with Gasteiger partial charge < -0.3 is 14.7 Å². The number of thiophene rings is 1. The van der Waals surface area contributed by atoms with E-state index < -0.39 is 35.1 Å². The molecule has 0 bridgehead atoms. The van der Waals surface area contributed by atoms with Crippen LogP contribution < -0.4 is 16.0 Å². The molecule has 0 aliphatic carbocycles. The standard InChI is InChI=1S/C25H29FN6O5S/c1-13(2)29(5)21(34)15(4)31-22(35)20-14(3)23(32-27-9-10-28-32)38-24(20)30(25(31)36)12-18(33)17-11-16(26)7-8-19(17)37-6/h7-11,13,15,18,33H,12H2,1-6H3/t15-,18+/m1/s1. The van der Waals surface area contributed by atoms with Crippen molar-refractivity contribution in [1.82, 2.24) is 29.0 Å². The van der Waals surface area contributed by atoms with E-state index in [9.17, 15) is 23.9 Å². The van der Waals surface area contributed by atoms with E-state index in [2.05, 4.69) is 10.2 Å². The zero-order valence-corrected chi connectivity index (χ0v) is 22.7. The van der Waals surface area contributed by atoms with Gasteiger partial charge in [-0.3, -0.25) is 14.2 Å². The van der Waals surface area contributed by atoms with Gasteiger partial charge >= 0.3 is 5.69 Å². The molecule has 0 aliphatic heterocycles. The van der Waals surface area contributed by atoms with Crippen molar-refractivity contribution in [2.45, 2.75) is 52.4 Å². The van der Waals surface area contributed by atoms with Crippen LogP contribution in [-0.2, 0) is 11.3 Å². The lowest BCUT2D eigenvalue weighted by Crippen LogP contribution is -2.47. The van der Waals surface area contributed by atoms with Crippen LogP contribution in [0.15, 0.2) is 40.2 Å². The van der Waals surface area contributed by atoms with Crippen LogP contribution in [0.5, 0.6) is 5.75 Å². The Balaban J connectivity index is 1.97. The van der Waals surface area contributed by atoms with Gasteiger partial charge in [-0.05, 0) is 45.9 Å². The number of aliphatic hydroxyl groups excluding tert-OH is 1. The molecule has 0 radical (unpaired) electrons. The number of rotatable bonds is 8. The Kier molecular flexibility index (Phi) is 7.51. The highest BCUT2D eigenvalue weighted by Crippen LogP contribution is 2.32. The first kappa shape index (κ1) is 27.2. The lowest BCUT2D eigenvalue weighted by atomic mass is 10.1. The molecule has 11 nitrogen and oxygen atoms in total. The van der Waals surface area contributed by atoms with E-state index in [1.54, 1.807) is 14.0 Å². The van der Waals surface area contributed by atoms with Gasteiger partial charge in [0.15, 0.2) is 0 Å². The lowest BCUT2D eigenvalue weighted by Gasteiger charge is -2.26. The molecular weight excluding hydrogens is 515 g/mol. The molecule has 1 N–H and O–H groups in total. The normalized spacial score (nSPS) is 13.2. The van der Waals surface area contributed by atoms with Crippen LogP contribution in [0, 0.1) is 12.7 Å². The third-order valence-electron chi connectivity index (χ3n) is 6.59. The number of methoxy groups -OCH3 is 1. The summed E-state index contributed by atoms with van der Waals surface area (Å²) in [6.45, 7) is 6.51. The van der Waals surface area contributed by atoms with Gasteiger partial charge in [0.25, 0.3) is 5.56 Å². The van der Waals surface area contributed by atoms with Gasteiger partial charge in [0.05, 0.1) is 31.4 Å². The van der Waals surface area contributed by atoms with Crippen molar-refractivity contribution in [2.75, 3.05) is 14.2 Å². The average molecular weight is 545 g/mol. The third kappa shape index (κ3) is 4.63. The Morgan fingerprint density at radius 3 is 2.47 bits per heavy atom. The number of ether oxygens (including phenoxy) is 1. The average Bonchev–Trinajstić information content (AvgIpc) is 3.53. The third-order valence-corrected chi connectivity index (χ3v) is 7.87. The van der Waals surface area contributed by atoms with E-state index in [1.807, 2.05) is 13.8 Å². The Hall–Kier alpha value is -3.84. The molecule has 0 fully saturated rings. The molecule has 1 amide bonds. The first-order chi connectivity index (χ1) is 18.0. The topological polar surface area (TPSA) is 124 Å². The molecule has 3 aromatic heterocycles. The molecule has 0 saturated carbocycles. The van der Waals surface area contributed by atoms with Gasteiger partial charge in [0.2, 0.25) is 5.91 Å². The van der Waals surface area contributed by atoms with E-state index in [1.165, 1.54) is 52.8 Å². The van der Waals surface area contributed by atoms with Crippen LogP contribution in [-0.4, -0.2) is 60.2 Å². The lowest BCUT2D eigenvalue weighted by molar-refractivity contribution is -0.134. The van der Waals surface area contributed by atoms with Gasteiger partial charge in [-0.25, -0.2) is 13.8 Å². The Morgan fingerprint density at radius 2 is 1.87 bits per heavy atom. The molecule has 0 unspecified atom stereocenters. The number of likely N-dealkylation sites (N-methyl/N-ethyl adjacent to an activating group) is 1. The van der Waals surface area contributed by atoms with E-state index in [0.29, 0.717) is 10.6 Å². The van der Waals surface area contributed by atoms with Gasteiger partial charge in [0.1, 0.15) is 33.5 Å². The summed E-state index contributed by atoms with van der Waals surface area (Å²) in [5.74, 6) is -0.765. The highest BCUT2D eigenvalue weighted by Gasteiger charge is 2.29. The van der Waals surface area contributed by atoms with E-state index in [4.69, 9.17) is 4.74 Å². The number of carbonyl (C=O) groups excluding carboxylic acids is 1. The Labute approximate surface area is 221 Å². The molecule has 202 valence electrons. The molecule has 4 rings (SSSR count). The first-order valence-corrected chi connectivity index (χ1v) is 12.7. The van der Waals surface area contributed by atoms with Crippen molar-refractivity contribution in [3.05, 3.63) is 68.4 Å². The maximum absolute atomic E-state index is 14.0. The number of halogens is 1. The molecular formula is C25H29FN6O5S. The number of aryl methyl sites for hydroxylation is 1. The van der Waals surface area contributed by atoms with Crippen LogP contribution >= 0.6 is 11.3 Å². The number of hydrogen-bond donors (Lipinski definition) is 1. The molecule has 38 heavy (non-hydrogen) atoms. The molecule has 2 atom stereocenters. The first-order valence-electron chi connectivity index (χ1n) is 11.9. The summed E-state index contributed by atoms with van der Waals surface area (Å²) in [6, 6.07) is 2.43. The van der Waals surface area contributed by atoms with Crippen molar-refractivity contribution in [1.29, 1.82) is 0 Å². The van der Waals surface area contributed by atoms with Crippen molar-refractivity contribution < 1.29 is 19.0 Å². The minimum Gasteiger partial charge on any atom is -0.496 e. The van der Waals surface area contributed by atoms with Crippen molar-refractivity contribution in [3.8, 4) is 10.8 Å². The fourth-order valence-corrected chi connectivity index (χ4v) is 5.48. The summed E-state index contributed by atoms with van der Waals surface area (Å²) in [4.78, 5) is 43.8. The molecule has 0 aliphatic rings. The van der Waals surface area contributed by atoms with Gasteiger partial charge in [-0.15, -0.1) is 4.80 Å². The number of aromatic nitrogens is 5. The zero-order chi connectivity index (χ0) is 27.9. The second-order valence-corrected chi connectivity index (χ2v) is 10.2. The Bertz CT molecular complexity index is 1610. The number of fused-ring (bicyclic) bond motifs is 1. The fourth-order valence-electron chi connectivity index (χ4n) is 4.26. The molecule has 1 aromatic carbocycles. The second kappa shape index (κ2) is 10.5. The number of hydrogen-bond acceptors (Lipinski definition) is 8. The highest BCUT2D eigenvalue weighted by molar-refractivity contribution is 7.21. The van der Waals surface area contributed by atoms with Crippen LogP contribution in [0.25, 0.3) is 15.2 Å². The summed E-state index contributed by atoms with van der Waals surface area (Å²) in [5, 5.41) is 20.1. The quantitative estimate of drug-likeness (QED) is 0.361. The van der Waals surface area contributed by atoms with Crippen LogP contribution in [0.3, 0.4) is 0 Å². The van der Waals surface area contributed by atoms with E-state index >= 15 is 0 Å². The van der Waals surface area contributed by atoms with Gasteiger partial charge in [-0.1, -0.05) is 11.3 Å². The summed E-state index contributed by atoms with van der Waals surface area (Å²) in [6.07, 6.45) is 1.60. The number of amides is 1. The largest absolute Gasteiger partial charge is 0.496 e. The van der Waals surface area contributed by atoms with E-state index in [-0.39, 0.29) is 34.1 Å². The molecule has 4 aromatic rings. The highest BCUT2D eigenvalue weighted by atomic mass is 32.1. The zero-order valence-electron chi connectivity index (χ0n) is 21.9. The van der Waals surface area contributed by atoms with Crippen molar-refractivity contribution in [3.63, 3.8) is 0 Å². The maximum Gasteiger partial charge on any atom is 0.332 e. The minimum atomic E-state index is -1.37. The monoisotopic (exact) mass is 544 g/mol. The number of benzene rings is 1. The van der Waals surface area contributed by atoms with E-state index in [0.717, 1.165) is 22.0 Å². The van der Waals surface area contributed by atoms with Crippen molar-refractivity contribution >= 4 is 27.5 Å². The smallest absolute Gasteiger partial charge is 0.332 e. The molecule has 0 spiro atoms. The Morgan fingerprint density at radius 1 is 1.21 bits per heavy atom. The SMILES string of the molecule is COc1ccc(F)cc1[C@@H](O)Cn1c(=O)n([C@H](C)C(=O)N(C)C(C)C)c(=O)c2c(C)c(-n3nccn3)sc21. The summed E-state index contributed by atoms with van der Waals surface area (Å²) < 4.78 is 21.5. The van der Waals surface area contributed by atoms with Crippen LogP contribution in [0.4, 0.5) is 4.39 Å². The van der Waals surface area contributed by atoms with Gasteiger partial charge in [-0.2, -0.15) is 10.2 Å². The number of aliphatic hydroxyl groups is 1. The molecule has 13 heteroatoms. The van der Waals surface area contributed by atoms with Crippen LogP contribution in [0.1, 0.15) is 44.0 Å². The number of nitrogens with zero attached hydrogens (tertiary/aromatic N) is 6. The minimum absolute atomic E-state index is 0.135. The predicted octanol–water partition coefficient (Wildman–Crippen LogP) is 2.42.